The lowest BCUT2D eigenvalue weighted by atomic mass is 10.0. The molecule has 2 aromatic heterocycles. The maximum Gasteiger partial charge on any atom is 0.325 e. The van der Waals surface area contributed by atoms with Crippen LogP contribution < -0.4 is 16.6 Å². The Hall–Kier alpha value is -3.42. The van der Waals surface area contributed by atoms with Gasteiger partial charge in [0.1, 0.15) is 5.82 Å². The first-order valence-electron chi connectivity index (χ1n) is 8.73. The first kappa shape index (κ1) is 17.0. The molecule has 4 rings (SSSR count). The van der Waals surface area contributed by atoms with Gasteiger partial charge < -0.3 is 14.9 Å². The Morgan fingerprint density at radius 3 is 2.81 bits per heavy atom. The first-order valence-corrected chi connectivity index (χ1v) is 8.73. The van der Waals surface area contributed by atoms with E-state index in [2.05, 4.69) is 20.3 Å². The van der Waals surface area contributed by atoms with Gasteiger partial charge in [-0.25, -0.2) is 9.78 Å². The van der Waals surface area contributed by atoms with Gasteiger partial charge in [0.2, 0.25) is 0 Å². The molecule has 1 fully saturated rings. The molecule has 3 aromatic rings. The van der Waals surface area contributed by atoms with Gasteiger partial charge in [0.05, 0.1) is 11.6 Å². The fourth-order valence-corrected chi connectivity index (χ4v) is 3.18. The molecule has 27 heavy (non-hydrogen) atoms. The number of H-pyrrole nitrogens is 2. The fourth-order valence-electron chi connectivity index (χ4n) is 3.18. The number of carbonyl (C=O) groups is 1. The van der Waals surface area contributed by atoms with Crippen molar-refractivity contribution < 1.29 is 4.79 Å². The lowest BCUT2D eigenvalue weighted by molar-refractivity contribution is 0.0929. The average molecular weight is 365 g/mol. The molecule has 1 aliphatic carbocycles. The summed E-state index contributed by atoms with van der Waals surface area (Å²) >= 11 is 0. The van der Waals surface area contributed by atoms with Crippen LogP contribution in [0.2, 0.25) is 0 Å². The quantitative estimate of drug-likeness (QED) is 0.633. The molecule has 2 heterocycles. The van der Waals surface area contributed by atoms with E-state index in [1.54, 1.807) is 30.5 Å². The number of hydrogen-bond acceptors (Lipinski definition) is 4. The molecular formula is C19H19N5O3. The summed E-state index contributed by atoms with van der Waals surface area (Å²) in [4.78, 5) is 45.0. The number of hydrogen-bond donors (Lipinski definition) is 3. The second-order valence-electron chi connectivity index (χ2n) is 6.75. The summed E-state index contributed by atoms with van der Waals surface area (Å²) in [5.74, 6) is 0.997. The van der Waals surface area contributed by atoms with Crippen molar-refractivity contribution in [2.75, 3.05) is 0 Å². The second kappa shape index (κ2) is 6.71. The number of carbonyl (C=O) groups excluding carboxylic acids is 1. The third-order valence-electron chi connectivity index (χ3n) is 4.77. The number of aromatic nitrogens is 4. The highest BCUT2D eigenvalue weighted by Gasteiger charge is 2.35. The van der Waals surface area contributed by atoms with E-state index in [0.29, 0.717) is 22.6 Å². The molecule has 0 aliphatic heterocycles. The van der Waals surface area contributed by atoms with E-state index in [1.807, 2.05) is 17.8 Å². The van der Waals surface area contributed by atoms with Gasteiger partial charge in [0.25, 0.3) is 11.5 Å². The maximum atomic E-state index is 12.8. The van der Waals surface area contributed by atoms with Crippen LogP contribution >= 0.6 is 0 Å². The third-order valence-corrected chi connectivity index (χ3v) is 4.77. The van der Waals surface area contributed by atoms with Crippen molar-refractivity contribution in [1.29, 1.82) is 0 Å². The van der Waals surface area contributed by atoms with E-state index in [4.69, 9.17) is 0 Å². The predicted octanol–water partition coefficient (Wildman–Crippen LogP) is 1.34. The van der Waals surface area contributed by atoms with E-state index < -0.39 is 11.2 Å². The van der Waals surface area contributed by atoms with Gasteiger partial charge in [-0.15, -0.1) is 0 Å². The Morgan fingerprint density at radius 1 is 1.33 bits per heavy atom. The predicted molar refractivity (Wildman–Crippen MR) is 99.3 cm³/mol. The third kappa shape index (κ3) is 3.46. The van der Waals surface area contributed by atoms with Gasteiger partial charge in [-0.3, -0.25) is 14.6 Å². The van der Waals surface area contributed by atoms with Crippen molar-refractivity contribution >= 4 is 5.91 Å². The summed E-state index contributed by atoms with van der Waals surface area (Å²) in [5, 5.41) is 3.07. The van der Waals surface area contributed by atoms with Crippen molar-refractivity contribution in [2.45, 2.75) is 18.9 Å². The molecule has 1 aromatic carbocycles. The maximum absolute atomic E-state index is 12.8. The zero-order valence-corrected chi connectivity index (χ0v) is 14.7. The molecule has 0 bridgehead atoms. The van der Waals surface area contributed by atoms with E-state index in [0.717, 1.165) is 18.7 Å². The van der Waals surface area contributed by atoms with Crippen LogP contribution in [-0.4, -0.2) is 25.4 Å². The van der Waals surface area contributed by atoms with Gasteiger partial charge in [-0.05, 0) is 36.5 Å². The number of amides is 1. The Morgan fingerprint density at radius 2 is 2.15 bits per heavy atom. The SMILES string of the molecule is Cn1ccnc1[C@H](NC(=O)c1cccc(-c2c[nH]c(=O)[nH]c2=O)c1)C1CC1. The first-order chi connectivity index (χ1) is 13.0. The molecular weight excluding hydrogens is 346 g/mol. The van der Waals surface area contributed by atoms with Gasteiger partial charge in [-0.2, -0.15) is 0 Å². The minimum Gasteiger partial charge on any atom is -0.342 e. The number of aryl methyl sites for hydroxylation is 1. The Labute approximate surface area is 154 Å². The molecule has 3 N–H and O–H groups in total. The van der Waals surface area contributed by atoms with Crippen LogP contribution in [0.5, 0.6) is 0 Å². The summed E-state index contributed by atoms with van der Waals surface area (Å²) in [7, 11) is 1.91. The van der Waals surface area contributed by atoms with Crippen LogP contribution in [0.3, 0.4) is 0 Å². The fraction of sp³-hybridized carbons (Fsp3) is 0.263. The second-order valence-corrected chi connectivity index (χ2v) is 6.75. The molecule has 1 amide bonds. The van der Waals surface area contributed by atoms with E-state index in [9.17, 15) is 14.4 Å². The molecule has 0 unspecified atom stereocenters. The van der Waals surface area contributed by atoms with Gasteiger partial charge in [-0.1, -0.05) is 12.1 Å². The van der Waals surface area contributed by atoms with Crippen LogP contribution in [0.1, 0.15) is 35.1 Å². The van der Waals surface area contributed by atoms with Crippen molar-refractivity contribution in [2.24, 2.45) is 13.0 Å². The molecule has 0 saturated heterocycles. The van der Waals surface area contributed by atoms with E-state index in [1.165, 1.54) is 6.20 Å². The van der Waals surface area contributed by atoms with Gasteiger partial charge in [0.15, 0.2) is 0 Å². The summed E-state index contributed by atoms with van der Waals surface area (Å²) < 4.78 is 1.92. The number of benzene rings is 1. The summed E-state index contributed by atoms with van der Waals surface area (Å²) in [6.45, 7) is 0. The number of imidazole rings is 1. The minimum atomic E-state index is -0.569. The van der Waals surface area contributed by atoms with Crippen molar-refractivity contribution in [3.8, 4) is 11.1 Å². The lowest BCUT2D eigenvalue weighted by Gasteiger charge is -2.18. The Kier molecular flexibility index (Phi) is 4.23. The van der Waals surface area contributed by atoms with Crippen LogP contribution in [-0.2, 0) is 7.05 Å². The van der Waals surface area contributed by atoms with Crippen LogP contribution in [0.15, 0.2) is 52.4 Å². The van der Waals surface area contributed by atoms with Crippen molar-refractivity contribution in [3.05, 3.63) is 75.1 Å². The molecule has 1 aliphatic rings. The average Bonchev–Trinajstić information content (AvgIpc) is 3.41. The standard InChI is InChI=1S/C19H19N5O3/c1-24-8-7-20-16(24)15(11-5-6-11)22-17(25)13-4-2-3-12(9-13)14-10-21-19(27)23-18(14)26/h2-4,7-11,15H,5-6H2,1H3,(H,22,25)(H2,21,23,26,27)/t15-/m1/s1. The normalized spacial score (nSPS) is 14.7. The van der Waals surface area contributed by atoms with Crippen LogP contribution in [0, 0.1) is 5.92 Å². The summed E-state index contributed by atoms with van der Waals surface area (Å²) in [5.41, 5.74) is 0.227. The largest absolute Gasteiger partial charge is 0.342 e. The van der Waals surface area contributed by atoms with E-state index in [-0.39, 0.29) is 11.9 Å². The minimum absolute atomic E-state index is 0.141. The Bertz CT molecular complexity index is 1110. The number of nitrogens with zero attached hydrogens (tertiary/aromatic N) is 2. The monoisotopic (exact) mass is 365 g/mol. The topological polar surface area (TPSA) is 113 Å². The number of aromatic amines is 2. The molecule has 0 radical (unpaired) electrons. The number of nitrogens with one attached hydrogen (secondary N) is 3. The van der Waals surface area contributed by atoms with Crippen LogP contribution in [0.25, 0.3) is 11.1 Å². The number of rotatable bonds is 5. The highest BCUT2D eigenvalue weighted by Crippen LogP contribution is 2.40. The molecule has 0 spiro atoms. The Balaban J connectivity index is 1.61. The molecule has 1 atom stereocenters. The molecule has 1 saturated carbocycles. The zero-order chi connectivity index (χ0) is 19.0. The van der Waals surface area contributed by atoms with Crippen molar-refractivity contribution in [3.63, 3.8) is 0 Å². The van der Waals surface area contributed by atoms with Gasteiger partial charge in [0, 0.05) is 31.2 Å². The van der Waals surface area contributed by atoms with Crippen LogP contribution in [0.4, 0.5) is 0 Å². The van der Waals surface area contributed by atoms with Gasteiger partial charge >= 0.3 is 5.69 Å². The van der Waals surface area contributed by atoms with Crippen molar-refractivity contribution in [1.82, 2.24) is 24.8 Å². The summed E-state index contributed by atoms with van der Waals surface area (Å²) in [6.07, 6.45) is 7.05. The smallest absolute Gasteiger partial charge is 0.325 e. The molecule has 138 valence electrons. The highest BCUT2D eigenvalue weighted by atomic mass is 16.2. The lowest BCUT2D eigenvalue weighted by Crippen LogP contribution is -2.31. The zero-order valence-electron chi connectivity index (χ0n) is 14.7. The summed E-state index contributed by atoms with van der Waals surface area (Å²) in [6, 6.07) is 6.62. The molecule has 8 heteroatoms. The molecule has 8 nitrogen and oxygen atoms in total. The van der Waals surface area contributed by atoms with E-state index >= 15 is 0 Å². The highest BCUT2D eigenvalue weighted by molar-refractivity contribution is 5.95.